The maximum absolute atomic E-state index is 12.4. The molecule has 0 aromatic carbocycles. The largest absolute Gasteiger partial charge is 0.314 e. The van der Waals surface area contributed by atoms with Crippen molar-refractivity contribution in [3.8, 4) is 0 Å². The molecule has 0 saturated carbocycles. The van der Waals surface area contributed by atoms with Gasteiger partial charge in [-0.15, -0.1) is 12.4 Å². The van der Waals surface area contributed by atoms with Gasteiger partial charge >= 0.3 is 0 Å². The van der Waals surface area contributed by atoms with Gasteiger partial charge in [-0.3, -0.25) is 19.1 Å². The molecule has 0 spiro atoms. The van der Waals surface area contributed by atoms with Crippen LogP contribution in [0.25, 0.3) is 5.65 Å². The van der Waals surface area contributed by atoms with Crippen LogP contribution >= 0.6 is 12.4 Å². The predicted molar refractivity (Wildman–Crippen MR) is 104 cm³/mol. The lowest BCUT2D eigenvalue weighted by atomic mass is 10.1. The Balaban J connectivity index is 0.00000196. The summed E-state index contributed by atoms with van der Waals surface area (Å²) >= 11 is 0. The van der Waals surface area contributed by atoms with Crippen LogP contribution in [-0.4, -0.2) is 38.9 Å². The van der Waals surface area contributed by atoms with E-state index in [4.69, 9.17) is 0 Å². The summed E-state index contributed by atoms with van der Waals surface area (Å²) in [6.45, 7) is 5.34. The molecular weight excluding hydrogens is 350 g/mol. The minimum atomic E-state index is -0.0308. The van der Waals surface area contributed by atoms with Crippen LogP contribution < -0.4 is 10.9 Å². The molecule has 6 nitrogen and oxygen atoms in total. The first-order valence-corrected chi connectivity index (χ1v) is 8.54. The first kappa shape index (κ1) is 18.5. The quantitative estimate of drug-likeness (QED) is 0.762. The topological polar surface area (TPSA) is 62.5 Å². The molecule has 1 fully saturated rings. The molecule has 4 rings (SSSR count). The van der Waals surface area contributed by atoms with Crippen LogP contribution in [0.2, 0.25) is 0 Å². The standard InChI is InChI=1S/C19H21N5O.ClH/c1-14-4-5-18-22-16(9-19(25)24(18)12-14)13-23-8-7-21-11-17(23)15-3-2-6-20-10-15;/h2-6,9-10,12,17,21H,7-8,11,13H2,1H3;1H. The van der Waals surface area contributed by atoms with E-state index < -0.39 is 0 Å². The number of aromatic nitrogens is 3. The number of aryl methyl sites for hydroxylation is 1. The second-order valence-electron chi connectivity index (χ2n) is 6.50. The molecule has 0 radical (unpaired) electrons. The summed E-state index contributed by atoms with van der Waals surface area (Å²) in [7, 11) is 0. The Labute approximate surface area is 158 Å². The molecule has 0 amide bonds. The summed E-state index contributed by atoms with van der Waals surface area (Å²) < 4.78 is 1.61. The van der Waals surface area contributed by atoms with Crippen LogP contribution in [0.15, 0.2) is 53.7 Å². The molecule has 7 heteroatoms. The van der Waals surface area contributed by atoms with Crippen LogP contribution in [0, 0.1) is 6.92 Å². The van der Waals surface area contributed by atoms with Gasteiger partial charge in [0.15, 0.2) is 0 Å². The highest BCUT2D eigenvalue weighted by atomic mass is 35.5. The van der Waals surface area contributed by atoms with Crippen LogP contribution in [0.4, 0.5) is 0 Å². The number of pyridine rings is 2. The maximum atomic E-state index is 12.4. The van der Waals surface area contributed by atoms with Crippen molar-refractivity contribution in [1.29, 1.82) is 0 Å². The number of fused-ring (bicyclic) bond motifs is 1. The number of hydrogen-bond donors (Lipinski definition) is 1. The molecule has 0 aliphatic carbocycles. The molecule has 26 heavy (non-hydrogen) atoms. The molecule has 1 saturated heterocycles. The lowest BCUT2D eigenvalue weighted by Crippen LogP contribution is -2.45. The zero-order chi connectivity index (χ0) is 17.2. The Hall–Kier alpha value is -2.28. The van der Waals surface area contributed by atoms with E-state index in [9.17, 15) is 4.79 Å². The highest BCUT2D eigenvalue weighted by Gasteiger charge is 2.24. The van der Waals surface area contributed by atoms with Crippen molar-refractivity contribution in [1.82, 2.24) is 24.6 Å². The van der Waals surface area contributed by atoms with Crippen LogP contribution in [-0.2, 0) is 6.54 Å². The highest BCUT2D eigenvalue weighted by molar-refractivity contribution is 5.85. The highest BCUT2D eigenvalue weighted by Crippen LogP contribution is 2.22. The van der Waals surface area contributed by atoms with Gasteiger partial charge in [0, 0.05) is 56.9 Å². The summed E-state index contributed by atoms with van der Waals surface area (Å²) in [6.07, 6.45) is 5.53. The maximum Gasteiger partial charge on any atom is 0.258 e. The van der Waals surface area contributed by atoms with Gasteiger partial charge in [-0.2, -0.15) is 0 Å². The molecule has 0 bridgehead atoms. The van der Waals surface area contributed by atoms with Gasteiger partial charge in [0.05, 0.1) is 5.69 Å². The second kappa shape index (κ2) is 7.95. The second-order valence-corrected chi connectivity index (χ2v) is 6.50. The Kier molecular flexibility index (Phi) is 5.66. The fourth-order valence-corrected chi connectivity index (χ4v) is 3.38. The zero-order valence-electron chi connectivity index (χ0n) is 14.6. The van der Waals surface area contributed by atoms with Gasteiger partial charge < -0.3 is 5.32 Å². The molecule has 1 aliphatic rings. The molecule has 4 heterocycles. The Morgan fingerprint density at radius 3 is 3.00 bits per heavy atom. The molecule has 3 aromatic rings. The molecule has 1 N–H and O–H groups in total. The zero-order valence-corrected chi connectivity index (χ0v) is 15.4. The minimum Gasteiger partial charge on any atom is -0.314 e. The average molecular weight is 372 g/mol. The van der Waals surface area contributed by atoms with Gasteiger partial charge in [0.25, 0.3) is 5.56 Å². The van der Waals surface area contributed by atoms with E-state index in [2.05, 4.69) is 26.3 Å². The Morgan fingerprint density at radius 2 is 2.19 bits per heavy atom. The van der Waals surface area contributed by atoms with Crippen LogP contribution in [0.5, 0.6) is 0 Å². The molecule has 136 valence electrons. The molecule has 1 unspecified atom stereocenters. The van der Waals surface area contributed by atoms with E-state index in [1.54, 1.807) is 16.7 Å². The van der Waals surface area contributed by atoms with Gasteiger partial charge in [0.1, 0.15) is 5.65 Å². The van der Waals surface area contributed by atoms with E-state index in [1.807, 2.05) is 37.5 Å². The third-order valence-corrected chi connectivity index (χ3v) is 4.65. The van der Waals surface area contributed by atoms with Gasteiger partial charge in [0.2, 0.25) is 0 Å². The monoisotopic (exact) mass is 371 g/mol. The first-order valence-electron chi connectivity index (χ1n) is 8.54. The number of nitrogens with one attached hydrogen (secondary N) is 1. The van der Waals surface area contributed by atoms with Crippen molar-refractivity contribution in [2.45, 2.75) is 19.5 Å². The Bertz CT molecular complexity index is 944. The first-order chi connectivity index (χ1) is 12.2. The number of hydrogen-bond acceptors (Lipinski definition) is 5. The van der Waals surface area contributed by atoms with Crippen molar-refractivity contribution >= 4 is 18.1 Å². The average Bonchev–Trinajstić information content (AvgIpc) is 2.64. The lowest BCUT2D eigenvalue weighted by molar-refractivity contribution is 0.151. The number of nitrogens with zero attached hydrogens (tertiary/aromatic N) is 4. The third kappa shape index (κ3) is 3.77. The number of rotatable bonds is 3. The summed E-state index contributed by atoms with van der Waals surface area (Å²) in [4.78, 5) is 23.7. The van der Waals surface area contributed by atoms with E-state index >= 15 is 0 Å². The number of halogens is 1. The predicted octanol–water partition coefficient (Wildman–Crippen LogP) is 1.97. The van der Waals surface area contributed by atoms with E-state index in [0.717, 1.165) is 30.9 Å². The SMILES string of the molecule is Cc1ccc2nc(CN3CCNCC3c3cccnc3)cc(=O)n2c1.Cl. The summed E-state index contributed by atoms with van der Waals surface area (Å²) in [5.41, 5.74) is 3.70. The summed E-state index contributed by atoms with van der Waals surface area (Å²) in [5.74, 6) is 0. The van der Waals surface area contributed by atoms with Crippen molar-refractivity contribution in [3.63, 3.8) is 0 Å². The van der Waals surface area contributed by atoms with E-state index in [0.29, 0.717) is 12.2 Å². The molecular formula is C19H22ClN5O. The summed E-state index contributed by atoms with van der Waals surface area (Å²) in [5, 5.41) is 3.44. The fourth-order valence-electron chi connectivity index (χ4n) is 3.38. The Morgan fingerprint density at radius 1 is 1.31 bits per heavy atom. The molecule has 1 aliphatic heterocycles. The van der Waals surface area contributed by atoms with Gasteiger partial charge in [-0.1, -0.05) is 12.1 Å². The fraction of sp³-hybridized carbons (Fsp3) is 0.316. The third-order valence-electron chi connectivity index (χ3n) is 4.65. The van der Waals surface area contributed by atoms with E-state index in [1.165, 1.54) is 5.56 Å². The van der Waals surface area contributed by atoms with Crippen molar-refractivity contribution in [3.05, 3.63) is 76.1 Å². The van der Waals surface area contributed by atoms with Crippen LogP contribution in [0.1, 0.15) is 22.9 Å². The van der Waals surface area contributed by atoms with E-state index in [-0.39, 0.29) is 24.0 Å². The number of piperazine rings is 1. The van der Waals surface area contributed by atoms with Gasteiger partial charge in [-0.25, -0.2) is 4.98 Å². The smallest absolute Gasteiger partial charge is 0.258 e. The minimum absolute atomic E-state index is 0. The molecule has 1 atom stereocenters. The van der Waals surface area contributed by atoms with Crippen molar-refractivity contribution in [2.24, 2.45) is 0 Å². The van der Waals surface area contributed by atoms with Crippen molar-refractivity contribution in [2.75, 3.05) is 19.6 Å². The van der Waals surface area contributed by atoms with Gasteiger partial charge in [-0.05, 0) is 30.2 Å². The van der Waals surface area contributed by atoms with Crippen LogP contribution in [0.3, 0.4) is 0 Å². The molecule has 3 aromatic heterocycles. The summed E-state index contributed by atoms with van der Waals surface area (Å²) in [6, 6.07) is 9.83. The lowest BCUT2D eigenvalue weighted by Gasteiger charge is -2.36. The normalized spacial score (nSPS) is 17.8. The van der Waals surface area contributed by atoms with Crippen molar-refractivity contribution < 1.29 is 0 Å².